The van der Waals surface area contributed by atoms with Gasteiger partial charge in [0.05, 0.1) is 11.6 Å². The molecule has 0 saturated carbocycles. The fraction of sp³-hybridized carbons (Fsp3) is 0.182. The van der Waals surface area contributed by atoms with Gasteiger partial charge < -0.3 is 0 Å². The molecule has 124 valence electrons. The molecule has 0 spiro atoms. The standard InChI is InChI=1S/C22H22N2O/c1-15-11-20(21-9-10-25-23(21)4)17(3)22(12-15)24-14-19-8-6-5-7-18(19)13-16(24)2/h5-14H,1-4H3/q+2. The summed E-state index contributed by atoms with van der Waals surface area (Å²) in [6.07, 6.45) is 3.96. The van der Waals surface area contributed by atoms with E-state index < -0.39 is 0 Å². The van der Waals surface area contributed by atoms with Gasteiger partial charge in [-0.25, -0.2) is 4.52 Å². The topological polar surface area (TPSA) is 20.9 Å². The van der Waals surface area contributed by atoms with E-state index in [9.17, 15) is 0 Å². The Balaban J connectivity index is 1.99. The number of benzene rings is 2. The monoisotopic (exact) mass is 330 g/mol. The van der Waals surface area contributed by atoms with Crippen LogP contribution in [0.5, 0.6) is 0 Å². The lowest BCUT2D eigenvalue weighted by atomic mass is 9.99. The second-order valence-corrected chi connectivity index (χ2v) is 6.66. The highest BCUT2D eigenvalue weighted by Crippen LogP contribution is 2.26. The molecular formula is C22H22N2O+2. The first-order valence-electron chi connectivity index (χ1n) is 8.51. The van der Waals surface area contributed by atoms with Crippen LogP contribution in [-0.2, 0) is 7.05 Å². The van der Waals surface area contributed by atoms with Crippen molar-refractivity contribution in [3.63, 3.8) is 0 Å². The largest absolute Gasteiger partial charge is 0.261 e. The van der Waals surface area contributed by atoms with Crippen LogP contribution in [0, 0.1) is 20.8 Å². The molecule has 2 aromatic heterocycles. The summed E-state index contributed by atoms with van der Waals surface area (Å²) in [4.78, 5) is 0. The summed E-state index contributed by atoms with van der Waals surface area (Å²) < 4.78 is 9.55. The molecule has 0 fully saturated rings. The molecule has 2 heterocycles. The van der Waals surface area contributed by atoms with E-state index >= 15 is 0 Å². The van der Waals surface area contributed by atoms with Crippen LogP contribution in [0.15, 0.2) is 65.5 Å². The van der Waals surface area contributed by atoms with Gasteiger partial charge in [0.15, 0.2) is 25.2 Å². The maximum Gasteiger partial charge on any atom is 0.261 e. The molecule has 0 unspecified atom stereocenters. The maximum atomic E-state index is 5.45. The van der Waals surface area contributed by atoms with Crippen molar-refractivity contribution in [3.8, 4) is 16.9 Å². The molecule has 25 heavy (non-hydrogen) atoms. The van der Waals surface area contributed by atoms with E-state index in [-0.39, 0.29) is 0 Å². The van der Waals surface area contributed by atoms with Crippen LogP contribution >= 0.6 is 0 Å². The Morgan fingerprint density at radius 2 is 1.64 bits per heavy atom. The zero-order valence-electron chi connectivity index (χ0n) is 15.1. The van der Waals surface area contributed by atoms with Crippen molar-refractivity contribution in [1.82, 2.24) is 0 Å². The molecule has 0 saturated heterocycles. The summed E-state index contributed by atoms with van der Waals surface area (Å²) in [5.74, 6) is 0. The smallest absolute Gasteiger partial charge is 0.244 e. The zero-order valence-corrected chi connectivity index (χ0v) is 15.1. The summed E-state index contributed by atoms with van der Waals surface area (Å²) >= 11 is 0. The second kappa shape index (κ2) is 5.85. The van der Waals surface area contributed by atoms with E-state index in [2.05, 4.69) is 74.0 Å². The van der Waals surface area contributed by atoms with Crippen molar-refractivity contribution in [1.29, 1.82) is 0 Å². The average Bonchev–Trinajstić information content (AvgIpc) is 3.02. The first kappa shape index (κ1) is 15.6. The van der Waals surface area contributed by atoms with E-state index in [4.69, 9.17) is 4.52 Å². The molecule has 0 aliphatic rings. The molecule has 0 N–H and O–H groups in total. The highest BCUT2D eigenvalue weighted by atomic mass is 16.5. The van der Waals surface area contributed by atoms with Crippen molar-refractivity contribution in [2.75, 3.05) is 0 Å². The van der Waals surface area contributed by atoms with Crippen molar-refractivity contribution < 1.29 is 13.8 Å². The number of hydrogen-bond donors (Lipinski definition) is 0. The molecule has 0 atom stereocenters. The van der Waals surface area contributed by atoms with Gasteiger partial charge in [0, 0.05) is 30.0 Å². The predicted octanol–water partition coefficient (Wildman–Crippen LogP) is 4.13. The molecular weight excluding hydrogens is 308 g/mol. The van der Waals surface area contributed by atoms with E-state index in [1.54, 1.807) is 6.26 Å². The van der Waals surface area contributed by atoms with Gasteiger partial charge in [0.1, 0.15) is 0 Å². The van der Waals surface area contributed by atoms with Gasteiger partial charge in [0.25, 0.3) is 5.69 Å². The van der Waals surface area contributed by atoms with Gasteiger partial charge in [-0.3, -0.25) is 0 Å². The van der Waals surface area contributed by atoms with Crippen LogP contribution in [0.4, 0.5) is 0 Å². The van der Waals surface area contributed by atoms with E-state index in [0.29, 0.717) is 0 Å². The van der Waals surface area contributed by atoms with Gasteiger partial charge in [-0.1, -0.05) is 18.2 Å². The molecule has 4 rings (SSSR count). The van der Waals surface area contributed by atoms with E-state index in [1.807, 2.05) is 17.9 Å². The fourth-order valence-corrected chi connectivity index (χ4v) is 3.52. The summed E-state index contributed by atoms with van der Waals surface area (Å²) in [7, 11) is 1.94. The predicted molar refractivity (Wildman–Crippen MR) is 98.6 cm³/mol. The Bertz CT molecular complexity index is 1090. The van der Waals surface area contributed by atoms with Crippen molar-refractivity contribution in [3.05, 3.63) is 77.8 Å². The van der Waals surface area contributed by atoms with Crippen LogP contribution in [0.25, 0.3) is 27.7 Å². The third-order valence-corrected chi connectivity index (χ3v) is 4.85. The van der Waals surface area contributed by atoms with Crippen LogP contribution in [-0.4, -0.2) is 0 Å². The van der Waals surface area contributed by atoms with E-state index in [0.717, 1.165) is 5.69 Å². The van der Waals surface area contributed by atoms with Crippen molar-refractivity contribution in [2.45, 2.75) is 20.8 Å². The number of fused-ring (bicyclic) bond motifs is 1. The van der Waals surface area contributed by atoms with Gasteiger partial charge in [-0.05, 0) is 41.7 Å². The highest BCUT2D eigenvalue weighted by molar-refractivity contribution is 5.81. The van der Waals surface area contributed by atoms with Crippen LogP contribution in [0.3, 0.4) is 0 Å². The second-order valence-electron chi connectivity index (χ2n) is 6.66. The SMILES string of the molecule is Cc1cc(-c2cco[n+]2C)c(C)c(-[n+]2cc3ccccc3cc2C)c1. The molecule has 0 bridgehead atoms. The quantitative estimate of drug-likeness (QED) is 0.506. The Kier molecular flexibility index (Phi) is 3.65. The van der Waals surface area contributed by atoms with Crippen LogP contribution < -0.4 is 9.31 Å². The third-order valence-electron chi connectivity index (χ3n) is 4.85. The van der Waals surface area contributed by atoms with Crippen molar-refractivity contribution in [2.24, 2.45) is 7.05 Å². The molecule has 3 nitrogen and oxygen atoms in total. The van der Waals surface area contributed by atoms with Gasteiger partial charge >= 0.3 is 0 Å². The summed E-state index contributed by atoms with van der Waals surface area (Å²) in [5, 5.41) is 2.51. The average molecular weight is 330 g/mol. The zero-order chi connectivity index (χ0) is 17.6. The minimum atomic E-state index is 1.08. The normalized spacial score (nSPS) is 11.2. The molecule has 2 aromatic carbocycles. The number of hydrogen-bond acceptors (Lipinski definition) is 1. The molecule has 4 aromatic rings. The molecule has 3 heteroatoms. The summed E-state index contributed by atoms with van der Waals surface area (Å²) in [5.41, 5.74) is 7.19. The third kappa shape index (κ3) is 2.62. The lowest BCUT2D eigenvalue weighted by Crippen LogP contribution is -2.35. The summed E-state index contributed by atoms with van der Waals surface area (Å²) in [6.45, 7) is 6.48. The minimum Gasteiger partial charge on any atom is -0.244 e. The molecule has 0 amide bonds. The number of rotatable bonds is 2. The number of aromatic nitrogens is 2. The lowest BCUT2D eigenvalue weighted by molar-refractivity contribution is -0.836. The van der Waals surface area contributed by atoms with Gasteiger partial charge in [-0.15, -0.1) is 0 Å². The molecule has 0 aliphatic carbocycles. The molecule has 0 radical (unpaired) electrons. The Labute approximate surface area is 147 Å². The number of aryl methyl sites for hydroxylation is 3. The Morgan fingerprint density at radius 1 is 0.880 bits per heavy atom. The van der Waals surface area contributed by atoms with Crippen LogP contribution in [0.2, 0.25) is 0 Å². The first-order chi connectivity index (χ1) is 12.0. The number of pyridine rings is 1. The number of nitrogens with zero attached hydrogens (tertiary/aromatic N) is 2. The Hall–Kier alpha value is -2.94. The fourth-order valence-electron chi connectivity index (χ4n) is 3.52. The summed E-state index contributed by atoms with van der Waals surface area (Å²) in [6, 6.07) is 17.2. The highest BCUT2D eigenvalue weighted by Gasteiger charge is 2.23. The first-order valence-corrected chi connectivity index (χ1v) is 8.51. The van der Waals surface area contributed by atoms with Crippen LogP contribution in [0.1, 0.15) is 16.8 Å². The Morgan fingerprint density at radius 3 is 2.36 bits per heavy atom. The minimum absolute atomic E-state index is 1.08. The van der Waals surface area contributed by atoms with E-state index in [1.165, 1.54) is 38.8 Å². The van der Waals surface area contributed by atoms with Gasteiger partial charge in [0.2, 0.25) is 5.69 Å². The lowest BCUT2D eigenvalue weighted by Gasteiger charge is -2.09. The van der Waals surface area contributed by atoms with Gasteiger partial charge in [-0.2, -0.15) is 4.57 Å². The maximum absolute atomic E-state index is 5.45. The molecule has 0 aliphatic heterocycles. The van der Waals surface area contributed by atoms with Crippen molar-refractivity contribution >= 4 is 10.8 Å².